The molecule has 0 aliphatic carbocycles. The lowest BCUT2D eigenvalue weighted by Gasteiger charge is -2.45. The number of nitrogens with zero attached hydrogens (tertiary/aromatic N) is 1. The molecule has 6 heteroatoms. The number of hydrogen-bond acceptors (Lipinski definition) is 2. The third-order valence-electron chi connectivity index (χ3n) is 4.30. The van der Waals surface area contributed by atoms with Crippen LogP contribution in [-0.4, -0.2) is 29.1 Å². The Morgan fingerprint density at radius 2 is 1.86 bits per heavy atom. The Labute approximate surface area is 121 Å². The molecule has 0 saturated carbocycles. The zero-order chi connectivity index (χ0) is 15.8. The molecular weight excluding hydrogens is 283 g/mol. The maximum absolute atomic E-state index is 13.0. The van der Waals surface area contributed by atoms with Crippen LogP contribution in [0.2, 0.25) is 0 Å². The highest BCUT2D eigenvalue weighted by molar-refractivity contribution is 5.70. The number of rotatable bonds is 4. The number of alkyl halides is 3. The zero-order valence-corrected chi connectivity index (χ0v) is 11.9. The largest absolute Gasteiger partial charge is 0.481 e. The summed E-state index contributed by atoms with van der Waals surface area (Å²) in [5, 5.41) is 8.94. The lowest BCUT2D eigenvalue weighted by molar-refractivity contribution is -0.146. The highest BCUT2D eigenvalue weighted by Crippen LogP contribution is 2.39. The van der Waals surface area contributed by atoms with E-state index < -0.39 is 23.6 Å². The summed E-state index contributed by atoms with van der Waals surface area (Å²) in [6.07, 6.45) is -4.37. The van der Waals surface area contributed by atoms with Gasteiger partial charge in [-0.05, 0) is 24.5 Å². The molecule has 2 unspecified atom stereocenters. The Morgan fingerprint density at radius 1 is 1.29 bits per heavy atom. The van der Waals surface area contributed by atoms with Crippen molar-refractivity contribution in [2.75, 3.05) is 13.1 Å². The van der Waals surface area contributed by atoms with Gasteiger partial charge in [0.15, 0.2) is 0 Å². The minimum Gasteiger partial charge on any atom is -0.481 e. The molecule has 1 aliphatic heterocycles. The third kappa shape index (κ3) is 3.20. The number of halogens is 3. The van der Waals surface area contributed by atoms with Crippen molar-refractivity contribution >= 4 is 5.97 Å². The molecule has 0 radical (unpaired) electrons. The molecule has 2 atom stereocenters. The average Bonchev–Trinajstić information content (AvgIpc) is 2.35. The van der Waals surface area contributed by atoms with Gasteiger partial charge >= 0.3 is 12.1 Å². The summed E-state index contributed by atoms with van der Waals surface area (Å²) < 4.78 is 39.0. The molecule has 0 bridgehead atoms. The van der Waals surface area contributed by atoms with Crippen LogP contribution in [-0.2, 0) is 11.0 Å². The fourth-order valence-corrected chi connectivity index (χ4v) is 2.70. The minimum absolute atomic E-state index is 0.00278. The van der Waals surface area contributed by atoms with Crippen molar-refractivity contribution in [3.8, 4) is 0 Å². The Hall–Kier alpha value is -1.56. The average molecular weight is 301 g/mol. The molecule has 1 fully saturated rings. The van der Waals surface area contributed by atoms with Crippen molar-refractivity contribution in [2.45, 2.75) is 26.1 Å². The number of benzene rings is 1. The van der Waals surface area contributed by atoms with Gasteiger partial charge in [-0.1, -0.05) is 25.1 Å². The second-order valence-electron chi connectivity index (χ2n) is 5.60. The van der Waals surface area contributed by atoms with Crippen LogP contribution in [0.15, 0.2) is 24.3 Å². The molecule has 1 aliphatic rings. The highest BCUT2D eigenvalue weighted by atomic mass is 19.4. The molecule has 116 valence electrons. The zero-order valence-electron chi connectivity index (χ0n) is 11.9. The molecule has 1 aromatic rings. The van der Waals surface area contributed by atoms with Gasteiger partial charge in [-0.3, -0.25) is 9.69 Å². The summed E-state index contributed by atoms with van der Waals surface area (Å²) in [6.45, 7) is 4.40. The standard InChI is InChI=1S/C15H18F3NO2/c1-9(14(20)21)11-7-19(8-11)10(2)12-5-3-4-6-13(12)15(16,17)18/h3-6,9-11H,7-8H2,1-2H3,(H,20,21). The van der Waals surface area contributed by atoms with Crippen LogP contribution in [0.3, 0.4) is 0 Å². The summed E-state index contributed by atoms with van der Waals surface area (Å²) in [5.41, 5.74) is -0.376. The van der Waals surface area contributed by atoms with E-state index in [4.69, 9.17) is 5.11 Å². The van der Waals surface area contributed by atoms with Gasteiger partial charge in [0, 0.05) is 19.1 Å². The second-order valence-corrected chi connectivity index (χ2v) is 5.60. The first kappa shape index (κ1) is 15.8. The van der Waals surface area contributed by atoms with Crippen molar-refractivity contribution in [3.05, 3.63) is 35.4 Å². The van der Waals surface area contributed by atoms with Crippen LogP contribution in [0.25, 0.3) is 0 Å². The molecule has 1 N–H and O–H groups in total. The molecular formula is C15H18F3NO2. The first-order chi connectivity index (χ1) is 9.71. The number of hydrogen-bond donors (Lipinski definition) is 1. The minimum atomic E-state index is -4.37. The van der Waals surface area contributed by atoms with Gasteiger partial charge in [0.1, 0.15) is 0 Å². The van der Waals surface area contributed by atoms with Crippen LogP contribution in [0.1, 0.15) is 31.0 Å². The first-order valence-corrected chi connectivity index (χ1v) is 6.84. The predicted molar refractivity (Wildman–Crippen MR) is 71.7 cm³/mol. The summed E-state index contributed by atoms with van der Waals surface area (Å²) in [6, 6.07) is 5.17. The summed E-state index contributed by atoms with van der Waals surface area (Å²) in [7, 11) is 0. The number of carboxylic acids is 1. The highest BCUT2D eigenvalue weighted by Gasteiger charge is 2.40. The fourth-order valence-electron chi connectivity index (χ4n) is 2.70. The molecule has 0 amide bonds. The van der Waals surface area contributed by atoms with Crippen LogP contribution in [0, 0.1) is 11.8 Å². The van der Waals surface area contributed by atoms with E-state index in [1.54, 1.807) is 19.9 Å². The Bertz CT molecular complexity index is 524. The summed E-state index contributed by atoms with van der Waals surface area (Å²) in [4.78, 5) is 12.8. The Kier molecular flexibility index (Phi) is 4.27. The maximum atomic E-state index is 13.0. The van der Waals surface area contributed by atoms with E-state index in [-0.39, 0.29) is 17.5 Å². The second kappa shape index (κ2) is 5.67. The van der Waals surface area contributed by atoms with E-state index in [1.807, 2.05) is 4.90 Å². The van der Waals surface area contributed by atoms with Crippen molar-refractivity contribution < 1.29 is 23.1 Å². The molecule has 1 aromatic carbocycles. The third-order valence-corrected chi connectivity index (χ3v) is 4.30. The molecule has 3 nitrogen and oxygen atoms in total. The van der Waals surface area contributed by atoms with E-state index in [1.165, 1.54) is 12.1 Å². The van der Waals surface area contributed by atoms with Crippen LogP contribution >= 0.6 is 0 Å². The smallest absolute Gasteiger partial charge is 0.416 e. The van der Waals surface area contributed by atoms with E-state index >= 15 is 0 Å². The van der Waals surface area contributed by atoms with Gasteiger partial charge in [0.2, 0.25) is 0 Å². The van der Waals surface area contributed by atoms with Crippen molar-refractivity contribution in [3.63, 3.8) is 0 Å². The summed E-state index contributed by atoms with van der Waals surface area (Å²) >= 11 is 0. The molecule has 0 aromatic heterocycles. The van der Waals surface area contributed by atoms with Gasteiger partial charge in [-0.2, -0.15) is 13.2 Å². The van der Waals surface area contributed by atoms with Crippen molar-refractivity contribution in [1.82, 2.24) is 4.90 Å². The van der Waals surface area contributed by atoms with Crippen molar-refractivity contribution in [2.24, 2.45) is 11.8 Å². The lowest BCUT2D eigenvalue weighted by Crippen LogP contribution is -2.51. The van der Waals surface area contributed by atoms with Crippen molar-refractivity contribution in [1.29, 1.82) is 0 Å². The van der Waals surface area contributed by atoms with E-state index in [2.05, 4.69) is 0 Å². The molecule has 1 heterocycles. The van der Waals surface area contributed by atoms with E-state index in [0.717, 1.165) is 6.07 Å². The molecule has 21 heavy (non-hydrogen) atoms. The van der Waals surface area contributed by atoms with E-state index in [9.17, 15) is 18.0 Å². The number of aliphatic carboxylic acids is 1. The van der Waals surface area contributed by atoms with Crippen LogP contribution in [0.4, 0.5) is 13.2 Å². The monoisotopic (exact) mass is 301 g/mol. The van der Waals surface area contributed by atoms with Gasteiger partial charge in [0.05, 0.1) is 11.5 Å². The van der Waals surface area contributed by atoms with Crippen LogP contribution in [0.5, 0.6) is 0 Å². The number of carbonyl (C=O) groups is 1. The van der Waals surface area contributed by atoms with Gasteiger partial charge in [-0.25, -0.2) is 0 Å². The van der Waals surface area contributed by atoms with Gasteiger partial charge in [0.25, 0.3) is 0 Å². The maximum Gasteiger partial charge on any atom is 0.416 e. The normalized spacial score (nSPS) is 19.9. The predicted octanol–water partition coefficient (Wildman–Crippen LogP) is 3.42. The Morgan fingerprint density at radius 3 is 2.38 bits per heavy atom. The Balaban J connectivity index is 2.10. The quantitative estimate of drug-likeness (QED) is 0.926. The SMILES string of the molecule is CC(C(=O)O)C1CN(C(C)c2ccccc2C(F)(F)F)C1. The van der Waals surface area contributed by atoms with Crippen LogP contribution < -0.4 is 0 Å². The molecule has 2 rings (SSSR count). The summed E-state index contributed by atoms with van der Waals surface area (Å²) in [5.74, 6) is -1.32. The van der Waals surface area contributed by atoms with Gasteiger partial charge in [-0.15, -0.1) is 0 Å². The fraction of sp³-hybridized carbons (Fsp3) is 0.533. The molecule has 0 spiro atoms. The van der Waals surface area contributed by atoms with E-state index in [0.29, 0.717) is 13.1 Å². The lowest BCUT2D eigenvalue weighted by atomic mass is 9.84. The first-order valence-electron chi connectivity index (χ1n) is 6.84. The number of carboxylic acid groups (broad SMARTS) is 1. The molecule has 1 saturated heterocycles. The number of likely N-dealkylation sites (tertiary alicyclic amines) is 1. The topological polar surface area (TPSA) is 40.5 Å². The van der Waals surface area contributed by atoms with Gasteiger partial charge < -0.3 is 5.11 Å².